The van der Waals surface area contributed by atoms with Gasteiger partial charge in [0.1, 0.15) is 0 Å². The molecule has 0 bridgehead atoms. The zero-order chi connectivity index (χ0) is 12.4. The van der Waals surface area contributed by atoms with E-state index in [1.807, 2.05) is 25.2 Å². The molecule has 4 heteroatoms. The van der Waals surface area contributed by atoms with Gasteiger partial charge in [-0.3, -0.25) is 4.90 Å². The lowest BCUT2D eigenvalue weighted by Crippen LogP contribution is -2.31. The Kier molecular flexibility index (Phi) is 4.31. The average Bonchev–Trinajstić information content (AvgIpc) is 2.80. The largest absolute Gasteiger partial charge is 0.316 e. The predicted molar refractivity (Wildman–Crippen MR) is 73.9 cm³/mol. The molecular formula is C13H18Cl2N2. The topological polar surface area (TPSA) is 15.3 Å². The summed E-state index contributed by atoms with van der Waals surface area (Å²) in [4.78, 5) is 2.44. The summed E-state index contributed by atoms with van der Waals surface area (Å²) in [6, 6.07) is 6.60. The van der Waals surface area contributed by atoms with Crippen LogP contribution in [0.25, 0.3) is 0 Å². The number of nitrogens with one attached hydrogen (secondary N) is 1. The summed E-state index contributed by atoms with van der Waals surface area (Å²) >= 11 is 12.3. The fourth-order valence-electron chi connectivity index (χ4n) is 2.41. The third kappa shape index (κ3) is 2.94. The van der Waals surface area contributed by atoms with Gasteiger partial charge in [0.2, 0.25) is 0 Å². The van der Waals surface area contributed by atoms with E-state index in [-0.39, 0.29) is 0 Å². The Morgan fingerprint density at radius 3 is 2.82 bits per heavy atom. The highest BCUT2D eigenvalue weighted by Gasteiger charge is 2.26. The molecule has 94 valence electrons. The van der Waals surface area contributed by atoms with Crippen molar-refractivity contribution in [3.63, 3.8) is 0 Å². The van der Waals surface area contributed by atoms with Crippen LogP contribution >= 0.6 is 23.2 Å². The molecule has 1 saturated heterocycles. The van der Waals surface area contributed by atoms with Crippen LogP contribution in [0.15, 0.2) is 18.2 Å². The van der Waals surface area contributed by atoms with E-state index < -0.39 is 0 Å². The lowest BCUT2D eigenvalue weighted by molar-refractivity contribution is 0.257. The second-order valence-electron chi connectivity index (χ2n) is 4.61. The van der Waals surface area contributed by atoms with Gasteiger partial charge in [-0.05, 0) is 44.2 Å². The summed E-state index contributed by atoms with van der Waals surface area (Å²) < 4.78 is 0. The highest BCUT2D eigenvalue weighted by Crippen LogP contribution is 2.31. The molecule has 1 aliphatic heterocycles. The molecular weight excluding hydrogens is 255 g/mol. The number of hydrogen-bond acceptors (Lipinski definition) is 2. The molecule has 0 aromatic heterocycles. The van der Waals surface area contributed by atoms with Gasteiger partial charge < -0.3 is 5.32 Å². The van der Waals surface area contributed by atoms with Gasteiger partial charge in [0, 0.05) is 35.2 Å². The first kappa shape index (κ1) is 13.2. The fourth-order valence-corrected chi connectivity index (χ4v) is 2.86. The molecule has 0 radical (unpaired) electrons. The fraction of sp³-hybridized carbons (Fsp3) is 0.538. The quantitative estimate of drug-likeness (QED) is 0.908. The summed E-state index contributed by atoms with van der Waals surface area (Å²) in [5.41, 5.74) is 1.12. The lowest BCUT2D eigenvalue weighted by atomic mass is 10.1. The molecule has 0 spiro atoms. The van der Waals surface area contributed by atoms with E-state index in [2.05, 4.69) is 17.1 Å². The van der Waals surface area contributed by atoms with Gasteiger partial charge in [0.05, 0.1) is 0 Å². The van der Waals surface area contributed by atoms with Crippen LogP contribution in [-0.4, -0.2) is 31.1 Å². The number of rotatable bonds is 3. The zero-order valence-corrected chi connectivity index (χ0v) is 11.7. The standard InChI is InChI=1S/C13H18Cl2N2/c1-9(17-6-5-11(8-17)16-2)12-7-10(14)3-4-13(12)15/h3-4,7,9,11,16H,5-6,8H2,1-2H3. The van der Waals surface area contributed by atoms with Crippen molar-refractivity contribution in [2.24, 2.45) is 0 Å². The predicted octanol–water partition coefficient (Wildman–Crippen LogP) is 3.35. The highest BCUT2D eigenvalue weighted by molar-refractivity contribution is 6.33. The molecule has 0 amide bonds. The Morgan fingerprint density at radius 1 is 1.41 bits per heavy atom. The molecule has 1 heterocycles. The lowest BCUT2D eigenvalue weighted by Gasteiger charge is -2.25. The van der Waals surface area contributed by atoms with Crippen molar-refractivity contribution in [3.05, 3.63) is 33.8 Å². The van der Waals surface area contributed by atoms with Crippen molar-refractivity contribution in [2.45, 2.75) is 25.4 Å². The van der Waals surface area contributed by atoms with Gasteiger partial charge in [-0.15, -0.1) is 0 Å². The van der Waals surface area contributed by atoms with Crippen LogP contribution in [0, 0.1) is 0 Å². The Labute approximate surface area is 113 Å². The highest BCUT2D eigenvalue weighted by atomic mass is 35.5. The van der Waals surface area contributed by atoms with E-state index >= 15 is 0 Å². The molecule has 0 aliphatic carbocycles. The van der Waals surface area contributed by atoms with E-state index in [0.717, 1.165) is 28.7 Å². The van der Waals surface area contributed by atoms with Gasteiger partial charge >= 0.3 is 0 Å². The zero-order valence-electron chi connectivity index (χ0n) is 10.2. The van der Waals surface area contributed by atoms with Crippen LogP contribution in [0.1, 0.15) is 24.9 Å². The minimum absolute atomic E-state index is 0.319. The Balaban J connectivity index is 2.14. The third-order valence-corrected chi connectivity index (χ3v) is 4.16. The van der Waals surface area contributed by atoms with Crippen LogP contribution in [0.2, 0.25) is 10.0 Å². The maximum absolute atomic E-state index is 6.24. The van der Waals surface area contributed by atoms with Crippen LogP contribution in [0.4, 0.5) is 0 Å². The molecule has 1 N–H and O–H groups in total. The van der Waals surface area contributed by atoms with Gasteiger partial charge in [-0.25, -0.2) is 0 Å². The Hall–Kier alpha value is -0.280. The van der Waals surface area contributed by atoms with Crippen molar-refractivity contribution in [1.29, 1.82) is 0 Å². The van der Waals surface area contributed by atoms with Crippen LogP contribution < -0.4 is 5.32 Å². The van der Waals surface area contributed by atoms with Gasteiger partial charge in [-0.2, -0.15) is 0 Å². The Morgan fingerprint density at radius 2 is 2.18 bits per heavy atom. The minimum atomic E-state index is 0.319. The summed E-state index contributed by atoms with van der Waals surface area (Å²) in [7, 11) is 2.02. The SMILES string of the molecule is CNC1CCN(C(C)c2cc(Cl)ccc2Cl)C1. The van der Waals surface area contributed by atoms with Gasteiger partial charge in [-0.1, -0.05) is 23.2 Å². The third-order valence-electron chi connectivity index (χ3n) is 3.58. The first-order valence-electron chi connectivity index (χ1n) is 5.98. The number of likely N-dealkylation sites (N-methyl/N-ethyl adjacent to an activating group) is 1. The maximum atomic E-state index is 6.24. The second kappa shape index (κ2) is 5.57. The molecule has 0 saturated carbocycles. The number of likely N-dealkylation sites (tertiary alicyclic amines) is 1. The molecule has 2 atom stereocenters. The smallest absolute Gasteiger partial charge is 0.0454 e. The molecule has 17 heavy (non-hydrogen) atoms. The maximum Gasteiger partial charge on any atom is 0.0454 e. The van der Waals surface area contributed by atoms with E-state index in [4.69, 9.17) is 23.2 Å². The number of benzene rings is 1. The van der Waals surface area contributed by atoms with Crippen molar-refractivity contribution in [3.8, 4) is 0 Å². The van der Waals surface area contributed by atoms with E-state index in [0.29, 0.717) is 12.1 Å². The van der Waals surface area contributed by atoms with E-state index in [9.17, 15) is 0 Å². The Bertz CT molecular complexity index is 395. The van der Waals surface area contributed by atoms with E-state index in [1.165, 1.54) is 6.42 Å². The molecule has 1 aromatic rings. The van der Waals surface area contributed by atoms with Crippen LogP contribution in [0.5, 0.6) is 0 Å². The number of halogens is 2. The average molecular weight is 273 g/mol. The van der Waals surface area contributed by atoms with Crippen LogP contribution in [-0.2, 0) is 0 Å². The first-order valence-corrected chi connectivity index (χ1v) is 6.73. The summed E-state index contributed by atoms with van der Waals surface area (Å²) in [6.45, 7) is 4.37. The number of hydrogen-bond donors (Lipinski definition) is 1. The molecule has 2 nitrogen and oxygen atoms in total. The molecule has 1 fully saturated rings. The van der Waals surface area contributed by atoms with Crippen molar-refractivity contribution in [1.82, 2.24) is 10.2 Å². The van der Waals surface area contributed by atoms with Gasteiger partial charge in [0.25, 0.3) is 0 Å². The van der Waals surface area contributed by atoms with Crippen molar-refractivity contribution < 1.29 is 0 Å². The minimum Gasteiger partial charge on any atom is -0.316 e. The second-order valence-corrected chi connectivity index (χ2v) is 5.45. The molecule has 1 aliphatic rings. The first-order chi connectivity index (χ1) is 8.11. The monoisotopic (exact) mass is 272 g/mol. The number of nitrogens with zero attached hydrogens (tertiary/aromatic N) is 1. The summed E-state index contributed by atoms with van der Waals surface area (Å²) in [5.74, 6) is 0. The molecule has 2 rings (SSSR count). The summed E-state index contributed by atoms with van der Waals surface area (Å²) in [6.07, 6.45) is 1.19. The van der Waals surface area contributed by atoms with Crippen molar-refractivity contribution >= 4 is 23.2 Å². The normalized spacial score (nSPS) is 22.9. The van der Waals surface area contributed by atoms with Gasteiger partial charge in [0.15, 0.2) is 0 Å². The summed E-state index contributed by atoms with van der Waals surface area (Å²) in [5, 5.41) is 4.88. The molecule has 2 unspecified atom stereocenters. The van der Waals surface area contributed by atoms with Crippen LogP contribution in [0.3, 0.4) is 0 Å². The van der Waals surface area contributed by atoms with Crippen molar-refractivity contribution in [2.75, 3.05) is 20.1 Å². The van der Waals surface area contributed by atoms with E-state index in [1.54, 1.807) is 0 Å². The molecule has 1 aromatic carbocycles.